The minimum absolute atomic E-state index is 0.0491. The van der Waals surface area contributed by atoms with Gasteiger partial charge in [-0.2, -0.15) is 5.10 Å². The first-order valence-corrected chi connectivity index (χ1v) is 10.9. The normalized spacial score (nSPS) is 10.5. The van der Waals surface area contributed by atoms with Crippen LogP contribution >= 0.6 is 12.2 Å². The first-order valence-electron chi connectivity index (χ1n) is 10.4. The van der Waals surface area contributed by atoms with Crippen molar-refractivity contribution in [2.45, 2.75) is 13.3 Å². The smallest absolute Gasteiger partial charge is 0.193 e. The number of carbonyl (C=O) groups is 1. The first kappa shape index (κ1) is 21.5. The molecule has 158 valence electrons. The van der Waals surface area contributed by atoms with Crippen molar-refractivity contribution in [1.82, 2.24) is 10.2 Å². The molecule has 0 aliphatic rings. The summed E-state index contributed by atoms with van der Waals surface area (Å²) in [6.07, 6.45) is 0.0778. The van der Waals surface area contributed by atoms with Gasteiger partial charge < -0.3 is 4.74 Å². The molecule has 1 aromatic heterocycles. The molecule has 1 heterocycles. The molecule has 0 radical (unpaired) electrons. The van der Waals surface area contributed by atoms with E-state index >= 15 is 0 Å². The van der Waals surface area contributed by atoms with E-state index in [-0.39, 0.29) is 12.2 Å². The van der Waals surface area contributed by atoms with Gasteiger partial charge in [-0.1, -0.05) is 91.0 Å². The van der Waals surface area contributed by atoms with E-state index in [1.807, 2.05) is 85.8 Å². The number of benzene rings is 3. The van der Waals surface area contributed by atoms with Crippen LogP contribution in [-0.4, -0.2) is 27.6 Å². The second-order valence-electron chi connectivity index (χ2n) is 7.16. The van der Waals surface area contributed by atoms with Crippen molar-refractivity contribution in [1.29, 1.82) is 0 Å². The molecule has 0 aliphatic carbocycles. The standard InChI is InChI=1S/C27H22N2O2S/c1-2-31-27(32)25-22(18-23(30)19-12-6-3-7-13-19)28-29-26(21-16-10-5-11-17-21)24(25)20-14-8-4-9-15-20/h3-17H,2,18H2,1H3. The first-order chi connectivity index (χ1) is 15.7. The van der Waals surface area contributed by atoms with Crippen LogP contribution in [0.25, 0.3) is 22.4 Å². The summed E-state index contributed by atoms with van der Waals surface area (Å²) in [4.78, 5) is 13.0. The zero-order valence-electron chi connectivity index (χ0n) is 17.7. The van der Waals surface area contributed by atoms with E-state index in [2.05, 4.69) is 10.2 Å². The number of ether oxygens (including phenoxy) is 1. The van der Waals surface area contributed by atoms with Gasteiger partial charge in [-0.3, -0.25) is 4.79 Å². The van der Waals surface area contributed by atoms with Crippen molar-refractivity contribution >= 4 is 23.1 Å². The van der Waals surface area contributed by atoms with Gasteiger partial charge in [0.25, 0.3) is 0 Å². The Bertz CT molecular complexity index is 1230. The highest BCUT2D eigenvalue weighted by atomic mass is 32.1. The van der Waals surface area contributed by atoms with Gasteiger partial charge in [-0.15, -0.1) is 5.10 Å². The van der Waals surface area contributed by atoms with Crippen LogP contribution in [-0.2, 0) is 11.2 Å². The molecule has 0 amide bonds. The van der Waals surface area contributed by atoms with E-state index in [4.69, 9.17) is 17.0 Å². The number of rotatable bonds is 7. The number of aromatic nitrogens is 2. The molecule has 5 heteroatoms. The lowest BCUT2D eigenvalue weighted by atomic mass is 9.92. The van der Waals surface area contributed by atoms with Gasteiger partial charge in [0.15, 0.2) is 10.8 Å². The van der Waals surface area contributed by atoms with Crippen LogP contribution in [0, 0.1) is 0 Å². The molecule has 0 N–H and O–H groups in total. The van der Waals surface area contributed by atoms with Gasteiger partial charge in [0.05, 0.1) is 24.3 Å². The Balaban J connectivity index is 1.93. The summed E-state index contributed by atoms with van der Waals surface area (Å²) < 4.78 is 5.76. The lowest BCUT2D eigenvalue weighted by Gasteiger charge is -2.18. The predicted molar refractivity (Wildman–Crippen MR) is 131 cm³/mol. The van der Waals surface area contributed by atoms with E-state index in [0.29, 0.717) is 34.2 Å². The Morgan fingerprint density at radius 2 is 1.38 bits per heavy atom. The maximum absolute atomic E-state index is 13.0. The van der Waals surface area contributed by atoms with Crippen molar-refractivity contribution in [3.05, 3.63) is 108 Å². The molecular weight excluding hydrogens is 416 g/mol. The zero-order valence-corrected chi connectivity index (χ0v) is 18.5. The summed E-state index contributed by atoms with van der Waals surface area (Å²) >= 11 is 5.67. The van der Waals surface area contributed by atoms with E-state index in [9.17, 15) is 4.79 Å². The number of nitrogens with zero attached hydrogens (tertiary/aromatic N) is 2. The van der Waals surface area contributed by atoms with Crippen LogP contribution in [0.5, 0.6) is 0 Å². The molecule has 4 rings (SSSR count). The Morgan fingerprint density at radius 1 is 0.812 bits per heavy atom. The molecule has 0 bridgehead atoms. The minimum Gasteiger partial charge on any atom is -0.483 e. The van der Waals surface area contributed by atoms with Crippen LogP contribution in [0.2, 0.25) is 0 Å². The zero-order chi connectivity index (χ0) is 22.3. The number of carbonyl (C=O) groups excluding carboxylic acids is 1. The topological polar surface area (TPSA) is 52.1 Å². The van der Waals surface area contributed by atoms with Crippen LogP contribution < -0.4 is 0 Å². The quantitative estimate of drug-likeness (QED) is 0.264. The maximum Gasteiger partial charge on any atom is 0.193 e. The Labute approximate surface area is 192 Å². The minimum atomic E-state index is -0.0491. The van der Waals surface area contributed by atoms with Crippen LogP contribution in [0.15, 0.2) is 91.0 Å². The average molecular weight is 439 g/mol. The van der Waals surface area contributed by atoms with Gasteiger partial charge >= 0.3 is 0 Å². The highest BCUT2D eigenvalue weighted by Crippen LogP contribution is 2.35. The van der Waals surface area contributed by atoms with Gasteiger partial charge in [-0.25, -0.2) is 0 Å². The SMILES string of the molecule is CCOC(=S)c1c(CC(=O)c2ccccc2)nnc(-c2ccccc2)c1-c1ccccc1. The third-order valence-electron chi connectivity index (χ3n) is 5.06. The highest BCUT2D eigenvalue weighted by Gasteiger charge is 2.24. The van der Waals surface area contributed by atoms with Gasteiger partial charge in [0.1, 0.15) is 5.69 Å². The van der Waals surface area contributed by atoms with Crippen LogP contribution in [0.1, 0.15) is 28.5 Å². The van der Waals surface area contributed by atoms with Crippen molar-refractivity contribution in [2.24, 2.45) is 0 Å². The lowest BCUT2D eigenvalue weighted by molar-refractivity contribution is 0.0991. The molecule has 0 unspecified atom stereocenters. The molecule has 4 aromatic rings. The Morgan fingerprint density at radius 3 is 1.97 bits per heavy atom. The fourth-order valence-corrected chi connectivity index (χ4v) is 3.92. The van der Waals surface area contributed by atoms with E-state index in [1.54, 1.807) is 12.1 Å². The summed E-state index contributed by atoms with van der Waals surface area (Å²) in [6, 6.07) is 28.9. The van der Waals surface area contributed by atoms with Crippen LogP contribution in [0.4, 0.5) is 0 Å². The number of ketones is 1. The van der Waals surface area contributed by atoms with Crippen LogP contribution in [0.3, 0.4) is 0 Å². The highest BCUT2D eigenvalue weighted by molar-refractivity contribution is 7.80. The fourth-order valence-electron chi connectivity index (χ4n) is 3.58. The lowest BCUT2D eigenvalue weighted by Crippen LogP contribution is -2.16. The number of hydrogen-bond acceptors (Lipinski definition) is 5. The molecule has 0 saturated heterocycles. The van der Waals surface area contributed by atoms with Crippen molar-refractivity contribution in [2.75, 3.05) is 6.61 Å². The molecule has 0 saturated carbocycles. The molecule has 3 aromatic carbocycles. The van der Waals surface area contributed by atoms with E-state index in [0.717, 1.165) is 16.7 Å². The summed E-state index contributed by atoms with van der Waals surface area (Å²) in [5.41, 5.74) is 5.15. The van der Waals surface area contributed by atoms with Gasteiger partial charge in [0, 0.05) is 16.7 Å². The fraction of sp³-hybridized carbons (Fsp3) is 0.111. The average Bonchev–Trinajstić information content (AvgIpc) is 2.85. The van der Waals surface area contributed by atoms with E-state index in [1.165, 1.54) is 0 Å². The Kier molecular flexibility index (Phi) is 6.78. The molecule has 32 heavy (non-hydrogen) atoms. The second kappa shape index (κ2) is 10.1. The van der Waals surface area contributed by atoms with Gasteiger partial charge in [0.2, 0.25) is 0 Å². The number of thiocarbonyl (C=S) groups is 1. The van der Waals surface area contributed by atoms with Crippen molar-refractivity contribution in [3.63, 3.8) is 0 Å². The third kappa shape index (κ3) is 4.63. The molecule has 0 spiro atoms. The molecular formula is C27H22N2O2S. The molecule has 0 aliphatic heterocycles. The number of Topliss-reactive ketones (excluding diaryl/α,β-unsaturated/α-hetero) is 1. The number of hydrogen-bond donors (Lipinski definition) is 0. The maximum atomic E-state index is 13.0. The monoisotopic (exact) mass is 438 g/mol. The summed E-state index contributed by atoms with van der Waals surface area (Å²) in [5, 5.41) is 9.34. The van der Waals surface area contributed by atoms with E-state index < -0.39 is 0 Å². The van der Waals surface area contributed by atoms with Gasteiger partial charge in [-0.05, 0) is 24.7 Å². The summed E-state index contributed by atoms with van der Waals surface area (Å²) in [5.74, 6) is -0.0491. The van der Waals surface area contributed by atoms with Crippen molar-refractivity contribution < 1.29 is 9.53 Å². The molecule has 4 nitrogen and oxygen atoms in total. The summed E-state index contributed by atoms with van der Waals surface area (Å²) in [7, 11) is 0. The summed E-state index contributed by atoms with van der Waals surface area (Å²) in [6.45, 7) is 2.30. The molecule has 0 fully saturated rings. The molecule has 0 atom stereocenters. The predicted octanol–water partition coefficient (Wildman–Crippen LogP) is 5.95. The Hall–Kier alpha value is -3.70. The third-order valence-corrected chi connectivity index (χ3v) is 5.38. The van der Waals surface area contributed by atoms with Crippen molar-refractivity contribution in [3.8, 4) is 22.4 Å². The largest absolute Gasteiger partial charge is 0.483 e. The second-order valence-corrected chi connectivity index (χ2v) is 7.53.